The number of nitrogens with zero attached hydrogens (tertiary/aromatic N) is 6. The van der Waals surface area contributed by atoms with Gasteiger partial charge in [-0.1, -0.05) is 36.4 Å². The Balaban J connectivity index is 1.48. The summed E-state index contributed by atoms with van der Waals surface area (Å²) in [7, 11) is 0. The highest BCUT2D eigenvalue weighted by Gasteiger charge is 2.27. The summed E-state index contributed by atoms with van der Waals surface area (Å²) in [6.45, 7) is 6.54. The molecule has 1 unspecified atom stereocenters. The molecule has 0 saturated carbocycles. The van der Waals surface area contributed by atoms with E-state index < -0.39 is 0 Å². The topological polar surface area (TPSA) is 71.2 Å². The van der Waals surface area contributed by atoms with Crippen molar-refractivity contribution in [3.8, 4) is 22.4 Å². The first kappa shape index (κ1) is 21.7. The first-order chi connectivity index (χ1) is 17.2. The largest absolute Gasteiger partial charge is 0.354 e. The molecule has 0 spiro atoms. The Bertz CT molecular complexity index is 1480. The molecule has 2 aromatic carbocycles. The summed E-state index contributed by atoms with van der Waals surface area (Å²) in [6.07, 6.45) is 7.80. The van der Waals surface area contributed by atoms with Crippen molar-refractivity contribution in [3.63, 3.8) is 0 Å². The highest BCUT2D eigenvalue weighted by atomic mass is 15.3. The highest BCUT2D eigenvalue weighted by Crippen LogP contribution is 2.36. The van der Waals surface area contributed by atoms with E-state index in [4.69, 9.17) is 4.98 Å². The number of fused-ring (bicyclic) bond motifs is 2. The van der Waals surface area contributed by atoms with Gasteiger partial charge < -0.3 is 5.32 Å². The standard InChI is InChI=1S/C28H29N7/c1-19(2)34-15-5-8-24(34)17-30-28-32-26(21-11-13-29-14-12-21)25(27-33-31-18-35(27)28)23-10-9-20-6-3-4-7-22(20)16-23/h3-4,6-7,9-14,16,18-19,24H,5,8,15,17H2,1-2H3,(H,30,32). The second-order valence-electron chi connectivity index (χ2n) is 9.49. The Morgan fingerprint density at radius 1 is 1.00 bits per heavy atom. The van der Waals surface area contributed by atoms with Gasteiger partial charge in [-0.2, -0.15) is 0 Å². The average Bonchev–Trinajstić information content (AvgIpc) is 3.57. The number of benzene rings is 2. The molecule has 35 heavy (non-hydrogen) atoms. The van der Waals surface area contributed by atoms with Crippen LogP contribution >= 0.6 is 0 Å². The maximum absolute atomic E-state index is 5.16. The molecular weight excluding hydrogens is 434 g/mol. The van der Waals surface area contributed by atoms with Crippen molar-refractivity contribution >= 4 is 22.4 Å². The lowest BCUT2D eigenvalue weighted by Crippen LogP contribution is -2.39. The monoisotopic (exact) mass is 463 g/mol. The molecule has 1 aliphatic rings. The zero-order chi connectivity index (χ0) is 23.8. The summed E-state index contributed by atoms with van der Waals surface area (Å²) in [6, 6.07) is 19.9. The molecule has 4 heterocycles. The fourth-order valence-corrected chi connectivity index (χ4v) is 5.30. The van der Waals surface area contributed by atoms with E-state index in [0.717, 1.165) is 47.1 Å². The van der Waals surface area contributed by atoms with E-state index in [1.807, 2.05) is 16.5 Å². The Morgan fingerprint density at radius 2 is 1.83 bits per heavy atom. The van der Waals surface area contributed by atoms with Crippen molar-refractivity contribution in [2.75, 3.05) is 18.4 Å². The van der Waals surface area contributed by atoms with E-state index >= 15 is 0 Å². The van der Waals surface area contributed by atoms with Gasteiger partial charge in [-0.05, 0) is 67.8 Å². The molecule has 3 aromatic heterocycles. The summed E-state index contributed by atoms with van der Waals surface area (Å²) in [4.78, 5) is 11.9. The maximum atomic E-state index is 5.16. The zero-order valence-electron chi connectivity index (χ0n) is 20.1. The number of pyridine rings is 1. The molecule has 1 N–H and O–H groups in total. The van der Waals surface area contributed by atoms with E-state index in [1.54, 1.807) is 18.7 Å². The van der Waals surface area contributed by atoms with Gasteiger partial charge in [0, 0.05) is 36.6 Å². The fraction of sp³-hybridized carbons (Fsp3) is 0.286. The molecule has 0 radical (unpaired) electrons. The van der Waals surface area contributed by atoms with Gasteiger partial charge in [0.15, 0.2) is 5.65 Å². The second-order valence-corrected chi connectivity index (χ2v) is 9.49. The molecule has 1 saturated heterocycles. The Morgan fingerprint density at radius 3 is 2.66 bits per heavy atom. The van der Waals surface area contributed by atoms with Crippen LogP contribution in [0, 0.1) is 0 Å². The van der Waals surface area contributed by atoms with Crippen molar-refractivity contribution in [2.45, 2.75) is 38.8 Å². The molecule has 7 nitrogen and oxygen atoms in total. The molecule has 176 valence electrons. The SMILES string of the molecule is CC(C)N1CCCC1CNc1nc(-c2ccncc2)c(-c2ccc3ccccc3c2)c2nncn12. The minimum absolute atomic E-state index is 0.493. The van der Waals surface area contributed by atoms with Crippen LogP contribution in [0.3, 0.4) is 0 Å². The number of likely N-dealkylation sites (tertiary alicyclic amines) is 1. The number of aromatic nitrogens is 5. The van der Waals surface area contributed by atoms with Crippen LogP contribution in [-0.4, -0.2) is 54.6 Å². The molecular formula is C28H29N7. The van der Waals surface area contributed by atoms with Gasteiger partial charge in [-0.15, -0.1) is 10.2 Å². The maximum Gasteiger partial charge on any atom is 0.210 e. The van der Waals surface area contributed by atoms with Gasteiger partial charge >= 0.3 is 0 Å². The van der Waals surface area contributed by atoms with Crippen LogP contribution in [-0.2, 0) is 0 Å². The van der Waals surface area contributed by atoms with Gasteiger partial charge in [0.1, 0.15) is 6.33 Å². The van der Waals surface area contributed by atoms with Crippen molar-refractivity contribution in [1.29, 1.82) is 0 Å². The minimum atomic E-state index is 0.493. The van der Waals surface area contributed by atoms with Gasteiger partial charge in [-0.3, -0.25) is 14.3 Å². The summed E-state index contributed by atoms with van der Waals surface area (Å²) in [5, 5.41) is 14.9. The van der Waals surface area contributed by atoms with Crippen LogP contribution in [0.2, 0.25) is 0 Å². The molecule has 0 aliphatic carbocycles. The zero-order valence-corrected chi connectivity index (χ0v) is 20.1. The lowest BCUT2D eigenvalue weighted by atomic mass is 9.98. The van der Waals surface area contributed by atoms with E-state index in [9.17, 15) is 0 Å². The second kappa shape index (κ2) is 9.07. The van der Waals surface area contributed by atoms with Crippen LogP contribution < -0.4 is 5.32 Å². The first-order valence-electron chi connectivity index (χ1n) is 12.3. The third kappa shape index (κ3) is 4.02. The fourth-order valence-electron chi connectivity index (χ4n) is 5.30. The highest BCUT2D eigenvalue weighted by molar-refractivity contribution is 5.95. The predicted octanol–water partition coefficient (Wildman–Crippen LogP) is 5.29. The third-order valence-corrected chi connectivity index (χ3v) is 7.03. The third-order valence-electron chi connectivity index (χ3n) is 7.03. The Hall–Kier alpha value is -3.84. The first-order valence-corrected chi connectivity index (χ1v) is 12.3. The normalized spacial score (nSPS) is 16.5. The molecule has 6 rings (SSSR count). The quantitative estimate of drug-likeness (QED) is 0.369. The lowest BCUT2D eigenvalue weighted by Gasteiger charge is -2.28. The van der Waals surface area contributed by atoms with E-state index in [1.165, 1.54) is 23.6 Å². The van der Waals surface area contributed by atoms with E-state index in [-0.39, 0.29) is 0 Å². The summed E-state index contributed by atoms with van der Waals surface area (Å²) < 4.78 is 1.98. The van der Waals surface area contributed by atoms with E-state index in [0.29, 0.717) is 12.1 Å². The van der Waals surface area contributed by atoms with Crippen LogP contribution in [0.25, 0.3) is 38.8 Å². The van der Waals surface area contributed by atoms with Gasteiger partial charge in [0.2, 0.25) is 5.95 Å². The number of hydrogen-bond donors (Lipinski definition) is 1. The smallest absolute Gasteiger partial charge is 0.210 e. The molecule has 1 atom stereocenters. The van der Waals surface area contributed by atoms with Crippen LogP contribution in [0.1, 0.15) is 26.7 Å². The predicted molar refractivity (Wildman–Crippen MR) is 140 cm³/mol. The molecule has 0 amide bonds. The summed E-state index contributed by atoms with van der Waals surface area (Å²) in [5.74, 6) is 0.761. The van der Waals surface area contributed by atoms with Crippen LogP contribution in [0.4, 0.5) is 5.95 Å². The van der Waals surface area contributed by atoms with Crippen LogP contribution in [0.15, 0.2) is 73.3 Å². The van der Waals surface area contributed by atoms with Crippen molar-refractivity contribution in [3.05, 3.63) is 73.3 Å². The number of hydrogen-bond acceptors (Lipinski definition) is 6. The molecule has 1 fully saturated rings. The minimum Gasteiger partial charge on any atom is -0.354 e. The lowest BCUT2D eigenvalue weighted by molar-refractivity contribution is 0.211. The molecule has 1 aliphatic heterocycles. The summed E-state index contributed by atoms with van der Waals surface area (Å²) in [5.41, 5.74) is 4.69. The van der Waals surface area contributed by atoms with Crippen molar-refractivity contribution < 1.29 is 0 Å². The Labute approximate surface area is 204 Å². The number of anilines is 1. The Kier molecular flexibility index (Phi) is 5.62. The molecule has 7 heteroatoms. The van der Waals surface area contributed by atoms with Gasteiger partial charge in [-0.25, -0.2) is 4.98 Å². The number of nitrogens with one attached hydrogen (secondary N) is 1. The number of rotatable bonds is 6. The molecule has 0 bridgehead atoms. The van der Waals surface area contributed by atoms with Gasteiger partial charge in [0.05, 0.1) is 11.3 Å². The van der Waals surface area contributed by atoms with Crippen molar-refractivity contribution in [1.82, 2.24) is 29.5 Å². The summed E-state index contributed by atoms with van der Waals surface area (Å²) >= 11 is 0. The van der Waals surface area contributed by atoms with Crippen molar-refractivity contribution in [2.24, 2.45) is 0 Å². The van der Waals surface area contributed by atoms with E-state index in [2.05, 4.69) is 81.7 Å². The van der Waals surface area contributed by atoms with Gasteiger partial charge in [0.25, 0.3) is 0 Å². The van der Waals surface area contributed by atoms with Crippen LogP contribution in [0.5, 0.6) is 0 Å². The average molecular weight is 464 g/mol. The molecule has 5 aromatic rings.